The predicted octanol–water partition coefficient (Wildman–Crippen LogP) is 2.58. The standard InChI is InChI=1S/C19H24N2O4.ClH/c1-15-4-6-16(7-5-15)25-14-19(22)20-13-17(18-3-2-10-24-18)21-8-11-23-12-9-21;/h2-7,10,17H,8-9,11-14H2,1H3,(H,20,22);1H. The van der Waals surface area contributed by atoms with Crippen LogP contribution in [0.2, 0.25) is 0 Å². The van der Waals surface area contributed by atoms with Crippen LogP contribution in [0.3, 0.4) is 0 Å². The second kappa shape index (κ2) is 10.2. The second-order valence-corrected chi connectivity index (χ2v) is 6.09. The molecule has 1 amide bonds. The minimum atomic E-state index is -0.148. The van der Waals surface area contributed by atoms with Crippen LogP contribution in [0, 0.1) is 6.92 Å². The quantitative estimate of drug-likeness (QED) is 0.799. The van der Waals surface area contributed by atoms with Gasteiger partial charge in [0.2, 0.25) is 0 Å². The van der Waals surface area contributed by atoms with Gasteiger partial charge < -0.3 is 19.2 Å². The summed E-state index contributed by atoms with van der Waals surface area (Å²) in [6, 6.07) is 11.4. The van der Waals surface area contributed by atoms with E-state index in [4.69, 9.17) is 13.9 Å². The monoisotopic (exact) mass is 380 g/mol. The van der Waals surface area contributed by atoms with Crippen molar-refractivity contribution in [3.05, 3.63) is 54.0 Å². The van der Waals surface area contributed by atoms with Gasteiger partial charge in [-0.05, 0) is 31.2 Å². The lowest BCUT2D eigenvalue weighted by Gasteiger charge is -2.33. The number of furan rings is 1. The van der Waals surface area contributed by atoms with Crippen LogP contribution in [-0.2, 0) is 9.53 Å². The van der Waals surface area contributed by atoms with Crippen LogP contribution in [0.25, 0.3) is 0 Å². The van der Waals surface area contributed by atoms with Crippen molar-refractivity contribution in [1.29, 1.82) is 0 Å². The first kappa shape index (κ1) is 20.3. The highest BCUT2D eigenvalue weighted by Crippen LogP contribution is 2.21. The molecule has 0 bridgehead atoms. The molecule has 1 saturated heterocycles. The molecule has 3 rings (SSSR count). The number of hydrogen-bond donors (Lipinski definition) is 1. The fourth-order valence-electron chi connectivity index (χ4n) is 2.82. The molecule has 1 aromatic heterocycles. The fraction of sp³-hybridized carbons (Fsp3) is 0.421. The fourth-order valence-corrected chi connectivity index (χ4v) is 2.82. The van der Waals surface area contributed by atoms with Gasteiger partial charge in [-0.15, -0.1) is 12.4 Å². The summed E-state index contributed by atoms with van der Waals surface area (Å²) in [4.78, 5) is 14.4. The Hall–Kier alpha value is -2.02. The molecule has 6 nitrogen and oxygen atoms in total. The Balaban J connectivity index is 0.00000243. The maximum absolute atomic E-state index is 12.1. The lowest BCUT2D eigenvalue weighted by Crippen LogP contribution is -2.44. The SMILES string of the molecule is Cc1ccc(OCC(=O)NCC(c2ccco2)N2CCOCC2)cc1.Cl. The van der Waals surface area contributed by atoms with E-state index in [0.29, 0.717) is 25.5 Å². The molecule has 26 heavy (non-hydrogen) atoms. The van der Waals surface area contributed by atoms with Gasteiger partial charge in [0, 0.05) is 19.6 Å². The number of benzene rings is 1. The summed E-state index contributed by atoms with van der Waals surface area (Å²) in [5.74, 6) is 1.39. The second-order valence-electron chi connectivity index (χ2n) is 6.09. The van der Waals surface area contributed by atoms with Crippen molar-refractivity contribution in [3.8, 4) is 5.75 Å². The lowest BCUT2D eigenvalue weighted by molar-refractivity contribution is -0.123. The lowest BCUT2D eigenvalue weighted by atomic mass is 10.1. The maximum Gasteiger partial charge on any atom is 0.258 e. The summed E-state index contributed by atoms with van der Waals surface area (Å²) in [5, 5.41) is 2.94. The minimum Gasteiger partial charge on any atom is -0.484 e. The molecule has 0 saturated carbocycles. The molecule has 1 aromatic carbocycles. The number of aryl methyl sites for hydroxylation is 1. The molecule has 0 radical (unpaired) electrons. The number of carbonyl (C=O) groups is 1. The third-order valence-corrected chi connectivity index (χ3v) is 4.24. The molecule has 2 heterocycles. The van der Waals surface area contributed by atoms with E-state index in [-0.39, 0.29) is 31.0 Å². The van der Waals surface area contributed by atoms with Gasteiger partial charge in [-0.2, -0.15) is 0 Å². The van der Waals surface area contributed by atoms with Gasteiger partial charge in [-0.3, -0.25) is 9.69 Å². The zero-order chi connectivity index (χ0) is 17.5. The number of hydrogen-bond acceptors (Lipinski definition) is 5. The topological polar surface area (TPSA) is 63.9 Å². The highest BCUT2D eigenvalue weighted by atomic mass is 35.5. The van der Waals surface area contributed by atoms with Crippen molar-refractivity contribution in [2.24, 2.45) is 0 Å². The summed E-state index contributed by atoms with van der Waals surface area (Å²) >= 11 is 0. The summed E-state index contributed by atoms with van der Waals surface area (Å²) in [6.07, 6.45) is 1.66. The van der Waals surface area contributed by atoms with Crippen LogP contribution >= 0.6 is 12.4 Å². The van der Waals surface area contributed by atoms with E-state index in [2.05, 4.69) is 10.2 Å². The largest absolute Gasteiger partial charge is 0.484 e. The molecule has 7 heteroatoms. The highest BCUT2D eigenvalue weighted by Gasteiger charge is 2.25. The van der Waals surface area contributed by atoms with Gasteiger partial charge in [-0.25, -0.2) is 0 Å². The number of carbonyl (C=O) groups excluding carboxylic acids is 1. The zero-order valence-electron chi connectivity index (χ0n) is 14.8. The number of nitrogens with one attached hydrogen (secondary N) is 1. The van der Waals surface area contributed by atoms with Crippen molar-refractivity contribution in [1.82, 2.24) is 10.2 Å². The number of rotatable bonds is 7. The zero-order valence-corrected chi connectivity index (χ0v) is 15.7. The minimum absolute atomic E-state index is 0. The average Bonchev–Trinajstić information content (AvgIpc) is 3.17. The van der Waals surface area contributed by atoms with Gasteiger partial charge in [0.25, 0.3) is 5.91 Å². The Kier molecular flexibility index (Phi) is 7.97. The van der Waals surface area contributed by atoms with E-state index in [1.54, 1.807) is 6.26 Å². The van der Waals surface area contributed by atoms with Gasteiger partial charge in [0.05, 0.1) is 25.5 Å². The number of morpholine rings is 1. The molecule has 1 aliphatic rings. The Morgan fingerprint density at radius 2 is 1.96 bits per heavy atom. The van der Waals surface area contributed by atoms with Crippen molar-refractivity contribution >= 4 is 18.3 Å². The van der Waals surface area contributed by atoms with E-state index in [9.17, 15) is 4.79 Å². The van der Waals surface area contributed by atoms with Crippen molar-refractivity contribution in [2.45, 2.75) is 13.0 Å². The molecule has 1 unspecified atom stereocenters. The van der Waals surface area contributed by atoms with E-state index in [1.807, 2.05) is 43.3 Å². The molecular weight excluding hydrogens is 356 g/mol. The molecule has 1 fully saturated rings. The third kappa shape index (κ3) is 5.76. The van der Waals surface area contributed by atoms with Crippen molar-refractivity contribution < 1.29 is 18.7 Å². The third-order valence-electron chi connectivity index (χ3n) is 4.24. The number of halogens is 1. The Labute approximate surface area is 159 Å². The summed E-state index contributed by atoms with van der Waals surface area (Å²) in [5.41, 5.74) is 1.16. The van der Waals surface area contributed by atoms with Crippen LogP contribution in [-0.4, -0.2) is 50.3 Å². The van der Waals surface area contributed by atoms with Crippen LogP contribution in [0.4, 0.5) is 0 Å². The first-order chi connectivity index (χ1) is 12.2. The molecular formula is C19H25ClN2O4. The van der Waals surface area contributed by atoms with Crippen molar-refractivity contribution in [2.75, 3.05) is 39.5 Å². The van der Waals surface area contributed by atoms with Gasteiger partial charge in [0.15, 0.2) is 6.61 Å². The Morgan fingerprint density at radius 3 is 2.62 bits per heavy atom. The molecule has 1 atom stereocenters. The molecule has 2 aromatic rings. The Morgan fingerprint density at radius 1 is 1.23 bits per heavy atom. The van der Waals surface area contributed by atoms with Gasteiger partial charge >= 0.3 is 0 Å². The first-order valence-electron chi connectivity index (χ1n) is 8.54. The van der Waals surface area contributed by atoms with Crippen LogP contribution in [0.1, 0.15) is 17.4 Å². The van der Waals surface area contributed by atoms with E-state index >= 15 is 0 Å². The summed E-state index contributed by atoms with van der Waals surface area (Å²) in [7, 11) is 0. The maximum atomic E-state index is 12.1. The van der Waals surface area contributed by atoms with Gasteiger partial charge in [0.1, 0.15) is 11.5 Å². The molecule has 0 aliphatic carbocycles. The summed E-state index contributed by atoms with van der Waals surface area (Å²) in [6.45, 7) is 5.52. The Bertz CT molecular complexity index is 655. The first-order valence-corrected chi connectivity index (χ1v) is 8.54. The smallest absolute Gasteiger partial charge is 0.258 e. The van der Waals surface area contributed by atoms with Crippen LogP contribution in [0.15, 0.2) is 47.1 Å². The molecule has 142 valence electrons. The average molecular weight is 381 g/mol. The number of amides is 1. The van der Waals surface area contributed by atoms with Crippen LogP contribution in [0.5, 0.6) is 5.75 Å². The molecule has 1 N–H and O–H groups in total. The van der Waals surface area contributed by atoms with E-state index < -0.39 is 0 Å². The van der Waals surface area contributed by atoms with E-state index in [1.165, 1.54) is 0 Å². The normalized spacial score (nSPS) is 15.7. The highest BCUT2D eigenvalue weighted by molar-refractivity contribution is 5.85. The van der Waals surface area contributed by atoms with Crippen LogP contribution < -0.4 is 10.1 Å². The van der Waals surface area contributed by atoms with E-state index in [0.717, 1.165) is 24.4 Å². The van der Waals surface area contributed by atoms with Gasteiger partial charge in [-0.1, -0.05) is 17.7 Å². The summed E-state index contributed by atoms with van der Waals surface area (Å²) < 4.78 is 16.5. The number of nitrogens with zero attached hydrogens (tertiary/aromatic N) is 1. The predicted molar refractivity (Wildman–Crippen MR) is 101 cm³/mol. The van der Waals surface area contributed by atoms with Crippen molar-refractivity contribution in [3.63, 3.8) is 0 Å². The molecule has 1 aliphatic heterocycles. The molecule has 0 spiro atoms. The number of ether oxygens (including phenoxy) is 2.